The van der Waals surface area contributed by atoms with Crippen LogP contribution in [0.1, 0.15) is 11.3 Å². The summed E-state index contributed by atoms with van der Waals surface area (Å²) < 4.78 is 5.47. The highest BCUT2D eigenvalue weighted by molar-refractivity contribution is 6.00. The molecule has 0 bridgehead atoms. The van der Waals surface area contributed by atoms with E-state index in [1.807, 2.05) is 0 Å². The van der Waals surface area contributed by atoms with Crippen LogP contribution in [0.2, 0.25) is 0 Å². The van der Waals surface area contributed by atoms with Crippen LogP contribution in [0.25, 0.3) is 17.4 Å². The molecule has 0 aliphatic carbocycles. The predicted molar refractivity (Wildman–Crippen MR) is 78.3 cm³/mol. The van der Waals surface area contributed by atoms with Crippen LogP contribution in [-0.4, -0.2) is 10.8 Å². The summed E-state index contributed by atoms with van der Waals surface area (Å²) in [6.07, 6.45) is 1.22. The molecule has 0 fully saturated rings. The zero-order valence-electron chi connectivity index (χ0n) is 11.6. The van der Waals surface area contributed by atoms with Crippen LogP contribution in [0.3, 0.4) is 0 Å². The molecular formula is C15H11N3O4. The summed E-state index contributed by atoms with van der Waals surface area (Å²) >= 11 is 0. The smallest absolute Gasteiger partial charge is 0.273 e. The molecule has 2 N–H and O–H groups in total. The number of nitriles is 1. The molecule has 2 aromatic rings. The molecule has 0 aliphatic heterocycles. The van der Waals surface area contributed by atoms with Gasteiger partial charge in [-0.3, -0.25) is 14.9 Å². The number of hydrogen-bond acceptors (Lipinski definition) is 5. The Morgan fingerprint density at radius 3 is 2.73 bits per heavy atom. The van der Waals surface area contributed by atoms with Crippen molar-refractivity contribution in [2.75, 3.05) is 0 Å². The third-order valence-corrected chi connectivity index (χ3v) is 2.99. The van der Waals surface area contributed by atoms with E-state index < -0.39 is 10.8 Å². The number of carbonyl (C=O) groups is 1. The molecule has 2 rings (SSSR count). The van der Waals surface area contributed by atoms with E-state index in [1.165, 1.54) is 12.1 Å². The summed E-state index contributed by atoms with van der Waals surface area (Å²) in [5, 5.41) is 19.7. The highest BCUT2D eigenvalue weighted by Crippen LogP contribution is 2.28. The van der Waals surface area contributed by atoms with Gasteiger partial charge in [0.25, 0.3) is 11.6 Å². The standard InChI is InChI=1S/C15H11N3O4/c1-9-2-3-10(7-13(9)18(20)21)14-5-4-12(22-14)6-11(8-16)15(17)19/h2-7H,1H3,(H2,17,19)/b11-6+. The molecule has 0 unspecified atom stereocenters. The molecule has 0 saturated carbocycles. The van der Waals surface area contributed by atoms with E-state index in [-0.39, 0.29) is 17.0 Å². The molecule has 110 valence electrons. The van der Waals surface area contributed by atoms with Crippen molar-refractivity contribution < 1.29 is 14.1 Å². The first kappa shape index (κ1) is 15.0. The first-order valence-electron chi connectivity index (χ1n) is 6.19. The highest BCUT2D eigenvalue weighted by atomic mass is 16.6. The SMILES string of the molecule is Cc1ccc(-c2ccc(/C=C(\C#N)C(N)=O)o2)cc1[N+](=O)[O-]. The number of rotatable bonds is 4. The van der Waals surface area contributed by atoms with Gasteiger partial charge in [-0.25, -0.2) is 0 Å². The minimum Gasteiger partial charge on any atom is -0.457 e. The molecule has 22 heavy (non-hydrogen) atoms. The number of furan rings is 1. The maximum atomic E-state index is 11.0. The molecule has 0 spiro atoms. The molecule has 1 aromatic heterocycles. The van der Waals surface area contributed by atoms with Crippen molar-refractivity contribution >= 4 is 17.7 Å². The number of aryl methyl sites for hydroxylation is 1. The molecule has 7 heteroatoms. The molecule has 0 atom stereocenters. The van der Waals surface area contributed by atoms with Crippen molar-refractivity contribution in [1.29, 1.82) is 5.26 Å². The fraction of sp³-hybridized carbons (Fsp3) is 0.0667. The summed E-state index contributed by atoms with van der Waals surface area (Å²) in [6.45, 7) is 1.64. The molecule has 0 aliphatic rings. The summed E-state index contributed by atoms with van der Waals surface area (Å²) in [4.78, 5) is 21.5. The molecule has 0 radical (unpaired) electrons. The van der Waals surface area contributed by atoms with Crippen LogP contribution < -0.4 is 5.73 Å². The van der Waals surface area contributed by atoms with Crippen molar-refractivity contribution in [2.24, 2.45) is 5.73 Å². The first-order chi connectivity index (χ1) is 10.4. The van der Waals surface area contributed by atoms with E-state index in [2.05, 4.69) is 0 Å². The Hall–Kier alpha value is -3.40. The van der Waals surface area contributed by atoms with Crippen molar-refractivity contribution in [3.8, 4) is 17.4 Å². The number of nitrogens with zero attached hydrogens (tertiary/aromatic N) is 2. The quantitative estimate of drug-likeness (QED) is 0.402. The Labute approximate surface area is 125 Å². The lowest BCUT2D eigenvalue weighted by atomic mass is 10.1. The Balaban J connectivity index is 2.41. The Bertz CT molecular complexity index is 828. The van der Waals surface area contributed by atoms with Crippen LogP contribution >= 0.6 is 0 Å². The lowest BCUT2D eigenvalue weighted by Crippen LogP contribution is -2.12. The van der Waals surface area contributed by atoms with E-state index in [0.29, 0.717) is 16.9 Å². The van der Waals surface area contributed by atoms with Crippen molar-refractivity contribution in [2.45, 2.75) is 6.92 Å². The van der Waals surface area contributed by atoms with Gasteiger partial charge >= 0.3 is 0 Å². The maximum absolute atomic E-state index is 11.0. The monoisotopic (exact) mass is 297 g/mol. The molecule has 0 saturated heterocycles. The summed E-state index contributed by atoms with van der Waals surface area (Å²) in [5.41, 5.74) is 5.85. The van der Waals surface area contributed by atoms with Gasteiger partial charge < -0.3 is 10.2 Å². The minimum atomic E-state index is -0.855. The zero-order valence-corrected chi connectivity index (χ0v) is 11.6. The van der Waals surface area contributed by atoms with Gasteiger partial charge in [0.2, 0.25) is 0 Å². The van der Waals surface area contributed by atoms with Crippen LogP contribution in [0, 0.1) is 28.4 Å². The third-order valence-electron chi connectivity index (χ3n) is 2.99. The van der Waals surface area contributed by atoms with Gasteiger partial charge in [0.15, 0.2) is 0 Å². The average molecular weight is 297 g/mol. The largest absolute Gasteiger partial charge is 0.457 e. The van der Waals surface area contributed by atoms with E-state index >= 15 is 0 Å². The number of hydrogen-bond donors (Lipinski definition) is 1. The van der Waals surface area contributed by atoms with Gasteiger partial charge in [-0.05, 0) is 19.1 Å². The molecular weight excluding hydrogens is 286 g/mol. The fourth-order valence-corrected chi connectivity index (χ4v) is 1.85. The van der Waals surface area contributed by atoms with E-state index in [4.69, 9.17) is 15.4 Å². The Morgan fingerprint density at radius 1 is 1.41 bits per heavy atom. The van der Waals surface area contributed by atoms with Gasteiger partial charge in [0.1, 0.15) is 23.2 Å². The van der Waals surface area contributed by atoms with Crippen LogP contribution in [0.15, 0.2) is 40.3 Å². The summed E-state index contributed by atoms with van der Waals surface area (Å²) in [5.74, 6) is -0.212. The van der Waals surface area contributed by atoms with E-state index in [1.54, 1.807) is 37.3 Å². The van der Waals surface area contributed by atoms with Gasteiger partial charge in [0, 0.05) is 23.3 Å². The minimum absolute atomic E-state index is 0.0131. The second kappa shape index (κ2) is 5.93. The number of nitro groups is 1. The molecule has 1 amide bonds. The van der Waals surface area contributed by atoms with Crippen molar-refractivity contribution in [3.63, 3.8) is 0 Å². The maximum Gasteiger partial charge on any atom is 0.273 e. The van der Waals surface area contributed by atoms with Crippen molar-refractivity contribution in [1.82, 2.24) is 0 Å². The number of carbonyl (C=O) groups excluding carboxylic acids is 1. The molecule has 7 nitrogen and oxygen atoms in total. The predicted octanol–water partition coefficient (Wildman–Crippen LogP) is 2.56. The second-order valence-corrected chi connectivity index (χ2v) is 4.49. The van der Waals surface area contributed by atoms with Gasteiger partial charge in [-0.15, -0.1) is 0 Å². The van der Waals surface area contributed by atoms with Crippen molar-refractivity contribution in [3.05, 3.63) is 57.3 Å². The number of nitrogens with two attached hydrogens (primary N) is 1. The van der Waals surface area contributed by atoms with Gasteiger partial charge in [0.05, 0.1) is 4.92 Å². The van der Waals surface area contributed by atoms with E-state index in [9.17, 15) is 14.9 Å². The lowest BCUT2D eigenvalue weighted by molar-refractivity contribution is -0.385. The number of amides is 1. The Kier molecular flexibility index (Phi) is 4.04. The zero-order chi connectivity index (χ0) is 16.3. The topological polar surface area (TPSA) is 123 Å². The van der Waals surface area contributed by atoms with Gasteiger partial charge in [-0.1, -0.05) is 12.1 Å². The Morgan fingerprint density at radius 2 is 2.14 bits per heavy atom. The molecule has 1 aromatic carbocycles. The number of nitro benzene ring substituents is 1. The van der Waals surface area contributed by atoms with Crippen LogP contribution in [0.5, 0.6) is 0 Å². The third kappa shape index (κ3) is 3.02. The highest BCUT2D eigenvalue weighted by Gasteiger charge is 2.14. The summed E-state index contributed by atoms with van der Waals surface area (Å²) in [6, 6.07) is 9.52. The average Bonchev–Trinajstić information content (AvgIpc) is 2.93. The normalized spacial score (nSPS) is 11.0. The number of benzene rings is 1. The second-order valence-electron chi connectivity index (χ2n) is 4.49. The first-order valence-corrected chi connectivity index (χ1v) is 6.19. The number of primary amides is 1. The van der Waals surface area contributed by atoms with E-state index in [0.717, 1.165) is 0 Å². The van der Waals surface area contributed by atoms with Gasteiger partial charge in [-0.2, -0.15) is 5.26 Å². The lowest BCUT2D eigenvalue weighted by Gasteiger charge is -2.00. The van der Waals surface area contributed by atoms with Crippen LogP contribution in [-0.2, 0) is 4.79 Å². The summed E-state index contributed by atoms with van der Waals surface area (Å²) in [7, 11) is 0. The van der Waals surface area contributed by atoms with Crippen LogP contribution in [0.4, 0.5) is 5.69 Å². The molecule has 1 heterocycles. The fourth-order valence-electron chi connectivity index (χ4n) is 1.85.